The summed E-state index contributed by atoms with van der Waals surface area (Å²) < 4.78 is 10.9. The minimum atomic E-state index is -0.549. The second kappa shape index (κ2) is 8.20. The molecule has 1 heterocycles. The lowest BCUT2D eigenvalue weighted by molar-refractivity contribution is -0.140. The minimum Gasteiger partial charge on any atom is -0.490 e. The number of amides is 2. The lowest BCUT2D eigenvalue weighted by Gasteiger charge is -2.28. The summed E-state index contributed by atoms with van der Waals surface area (Å²) in [5.41, 5.74) is 1.68. The number of para-hydroxylation sites is 1. The third-order valence-corrected chi connectivity index (χ3v) is 3.95. The topological polar surface area (TPSA) is 76.7 Å². The van der Waals surface area contributed by atoms with Gasteiger partial charge in [0.05, 0.1) is 11.6 Å². The second-order valence-electron chi connectivity index (χ2n) is 5.78. The van der Waals surface area contributed by atoms with Gasteiger partial charge in [-0.15, -0.1) is 0 Å². The van der Waals surface area contributed by atoms with Gasteiger partial charge in [0.2, 0.25) is 0 Å². The summed E-state index contributed by atoms with van der Waals surface area (Å²) in [6.07, 6.45) is 0. The summed E-state index contributed by atoms with van der Waals surface area (Å²) in [6.45, 7) is 2.05. The van der Waals surface area contributed by atoms with Gasteiger partial charge in [0, 0.05) is 5.70 Å². The number of allylic oxidation sites excluding steroid dienone is 1. The molecule has 0 aliphatic carbocycles. The van der Waals surface area contributed by atoms with E-state index in [9.17, 15) is 9.59 Å². The van der Waals surface area contributed by atoms with Gasteiger partial charge in [-0.3, -0.25) is 0 Å². The van der Waals surface area contributed by atoms with Crippen LogP contribution >= 0.6 is 0 Å². The average Bonchev–Trinajstić information content (AvgIpc) is 2.66. The summed E-state index contributed by atoms with van der Waals surface area (Å²) in [6, 6.07) is 17.7. The van der Waals surface area contributed by atoms with Crippen molar-refractivity contribution in [2.24, 2.45) is 0 Å². The Kier molecular flexibility index (Phi) is 5.53. The molecule has 26 heavy (non-hydrogen) atoms. The molecule has 6 heteroatoms. The van der Waals surface area contributed by atoms with Crippen molar-refractivity contribution in [1.82, 2.24) is 10.6 Å². The number of nitrogens with one attached hydrogen (secondary N) is 2. The van der Waals surface area contributed by atoms with Crippen LogP contribution in [-0.4, -0.2) is 25.2 Å². The van der Waals surface area contributed by atoms with Crippen LogP contribution < -0.4 is 15.4 Å². The van der Waals surface area contributed by atoms with Crippen molar-refractivity contribution >= 4 is 12.0 Å². The molecule has 134 valence electrons. The fourth-order valence-electron chi connectivity index (χ4n) is 2.75. The maximum atomic E-state index is 12.6. The molecule has 0 fully saturated rings. The van der Waals surface area contributed by atoms with Gasteiger partial charge < -0.3 is 20.1 Å². The monoisotopic (exact) mass is 352 g/mol. The Morgan fingerprint density at radius 3 is 2.35 bits per heavy atom. The number of ether oxygens (including phenoxy) is 2. The molecule has 2 amide bonds. The summed E-state index contributed by atoms with van der Waals surface area (Å²) in [5.74, 6) is 0.230. The van der Waals surface area contributed by atoms with E-state index in [0.29, 0.717) is 17.0 Å². The maximum Gasteiger partial charge on any atom is 0.338 e. The summed E-state index contributed by atoms with van der Waals surface area (Å²) in [5, 5.41) is 5.39. The van der Waals surface area contributed by atoms with Crippen LogP contribution in [0.1, 0.15) is 18.5 Å². The van der Waals surface area contributed by atoms with Crippen LogP contribution in [0.5, 0.6) is 5.75 Å². The predicted octanol–water partition coefficient (Wildman–Crippen LogP) is 2.94. The number of benzene rings is 2. The van der Waals surface area contributed by atoms with Crippen molar-refractivity contribution < 1.29 is 19.1 Å². The number of carbonyl (C=O) groups excluding carboxylic acids is 2. The van der Waals surface area contributed by atoms with Crippen LogP contribution in [0, 0.1) is 0 Å². The van der Waals surface area contributed by atoms with Crippen molar-refractivity contribution in [3.8, 4) is 5.75 Å². The molecule has 2 N–H and O–H groups in total. The third-order valence-electron chi connectivity index (χ3n) is 3.95. The number of urea groups is 1. The number of esters is 1. The van der Waals surface area contributed by atoms with E-state index in [0.717, 1.165) is 5.56 Å². The van der Waals surface area contributed by atoms with Gasteiger partial charge in [0.1, 0.15) is 19.0 Å². The largest absolute Gasteiger partial charge is 0.490 e. The molecule has 1 aliphatic rings. The highest BCUT2D eigenvalue weighted by molar-refractivity contribution is 5.95. The highest BCUT2D eigenvalue weighted by Gasteiger charge is 2.32. The van der Waals surface area contributed by atoms with Crippen molar-refractivity contribution in [2.45, 2.75) is 13.0 Å². The Balaban J connectivity index is 1.65. The molecule has 0 radical (unpaired) electrons. The zero-order valence-electron chi connectivity index (χ0n) is 14.4. The Hall–Kier alpha value is -3.28. The van der Waals surface area contributed by atoms with Crippen molar-refractivity contribution in [3.63, 3.8) is 0 Å². The summed E-state index contributed by atoms with van der Waals surface area (Å²) >= 11 is 0. The first kappa shape index (κ1) is 17.5. The molecular weight excluding hydrogens is 332 g/mol. The molecule has 0 saturated heterocycles. The Morgan fingerprint density at radius 1 is 1.00 bits per heavy atom. The maximum absolute atomic E-state index is 12.6. The molecule has 0 bridgehead atoms. The van der Waals surface area contributed by atoms with Crippen LogP contribution in [0.2, 0.25) is 0 Å². The van der Waals surface area contributed by atoms with E-state index in [1.807, 2.05) is 60.7 Å². The third kappa shape index (κ3) is 4.22. The molecule has 2 aromatic rings. The van der Waals surface area contributed by atoms with Gasteiger partial charge in [0.25, 0.3) is 0 Å². The molecule has 3 rings (SSSR count). The van der Waals surface area contributed by atoms with Crippen molar-refractivity contribution in [1.29, 1.82) is 0 Å². The SMILES string of the molecule is CC1=C(C(=O)OCCOc2ccccc2)[C@@H](c2ccccc2)NC(=O)N1. The average molecular weight is 352 g/mol. The van der Waals surface area contributed by atoms with E-state index in [4.69, 9.17) is 9.47 Å². The zero-order chi connectivity index (χ0) is 18.4. The molecule has 1 aliphatic heterocycles. The smallest absolute Gasteiger partial charge is 0.338 e. The lowest BCUT2D eigenvalue weighted by Crippen LogP contribution is -2.45. The van der Waals surface area contributed by atoms with Gasteiger partial charge in [-0.25, -0.2) is 9.59 Å². The highest BCUT2D eigenvalue weighted by Crippen LogP contribution is 2.27. The fourth-order valence-corrected chi connectivity index (χ4v) is 2.75. The molecule has 2 aromatic carbocycles. The van der Waals surface area contributed by atoms with Crippen molar-refractivity contribution in [3.05, 3.63) is 77.5 Å². The number of hydrogen-bond donors (Lipinski definition) is 2. The predicted molar refractivity (Wildman–Crippen MR) is 96.4 cm³/mol. The summed E-state index contributed by atoms with van der Waals surface area (Å²) in [4.78, 5) is 24.4. The van der Waals surface area contributed by atoms with Crippen LogP contribution in [0.3, 0.4) is 0 Å². The lowest BCUT2D eigenvalue weighted by atomic mass is 9.96. The van der Waals surface area contributed by atoms with Gasteiger partial charge >= 0.3 is 12.0 Å². The van der Waals surface area contributed by atoms with Crippen LogP contribution in [0.25, 0.3) is 0 Å². The second-order valence-corrected chi connectivity index (χ2v) is 5.78. The molecule has 6 nitrogen and oxygen atoms in total. The number of carbonyl (C=O) groups is 2. The quantitative estimate of drug-likeness (QED) is 0.619. The Bertz CT molecular complexity index is 803. The number of rotatable bonds is 6. The Labute approximate surface area is 151 Å². The number of hydrogen-bond acceptors (Lipinski definition) is 4. The van der Waals surface area contributed by atoms with E-state index in [2.05, 4.69) is 10.6 Å². The van der Waals surface area contributed by atoms with Crippen LogP contribution in [0.15, 0.2) is 71.9 Å². The van der Waals surface area contributed by atoms with E-state index in [1.165, 1.54) is 0 Å². The minimum absolute atomic E-state index is 0.111. The van der Waals surface area contributed by atoms with Crippen molar-refractivity contribution in [2.75, 3.05) is 13.2 Å². The van der Waals surface area contributed by atoms with Gasteiger partial charge in [-0.05, 0) is 24.6 Å². The normalized spacial score (nSPS) is 16.5. The molecule has 1 atom stereocenters. The fraction of sp³-hybridized carbons (Fsp3) is 0.200. The molecule has 0 saturated carbocycles. The molecule has 0 aromatic heterocycles. The van der Waals surface area contributed by atoms with Crippen LogP contribution in [-0.2, 0) is 9.53 Å². The first-order valence-electron chi connectivity index (χ1n) is 8.33. The highest BCUT2D eigenvalue weighted by atomic mass is 16.6. The molecule has 0 spiro atoms. The first-order chi connectivity index (χ1) is 12.6. The van der Waals surface area contributed by atoms with E-state index in [-0.39, 0.29) is 19.2 Å². The molecule has 0 unspecified atom stereocenters. The molecular formula is C20H20N2O4. The van der Waals surface area contributed by atoms with Gasteiger partial charge in [-0.2, -0.15) is 0 Å². The van der Waals surface area contributed by atoms with E-state index in [1.54, 1.807) is 6.92 Å². The van der Waals surface area contributed by atoms with Crippen LogP contribution in [0.4, 0.5) is 4.79 Å². The van der Waals surface area contributed by atoms with Gasteiger partial charge in [0.15, 0.2) is 0 Å². The van der Waals surface area contributed by atoms with Gasteiger partial charge in [-0.1, -0.05) is 48.5 Å². The summed E-state index contributed by atoms with van der Waals surface area (Å²) in [7, 11) is 0. The zero-order valence-corrected chi connectivity index (χ0v) is 14.4. The standard InChI is InChI=1S/C20H20N2O4/c1-14-17(18(22-20(24)21-14)15-8-4-2-5-9-15)19(23)26-13-12-25-16-10-6-3-7-11-16/h2-11,18H,12-13H2,1H3,(H2,21,22,24)/t18-/m1/s1. The first-order valence-corrected chi connectivity index (χ1v) is 8.33. The van der Waals surface area contributed by atoms with E-state index >= 15 is 0 Å². The van der Waals surface area contributed by atoms with E-state index < -0.39 is 12.0 Å². The Morgan fingerprint density at radius 2 is 1.65 bits per heavy atom.